The van der Waals surface area contributed by atoms with Crippen LogP contribution in [0.5, 0.6) is 0 Å². The SMILES string of the molecule is C=C.C=C(C)CC.C=C1C[C@H](C(C)CCCCCNCCC)[C@](C)(CC)N1. The molecule has 27 heavy (non-hydrogen) atoms. The summed E-state index contributed by atoms with van der Waals surface area (Å²) in [5.41, 5.74) is 2.78. The highest BCUT2D eigenvalue weighted by Gasteiger charge is 2.41. The van der Waals surface area contributed by atoms with Crippen molar-refractivity contribution < 1.29 is 0 Å². The molecular formula is C25H50N2. The molecule has 0 aromatic rings. The lowest BCUT2D eigenvalue weighted by Crippen LogP contribution is -2.42. The van der Waals surface area contributed by atoms with Crippen molar-refractivity contribution in [2.45, 2.75) is 98.4 Å². The average Bonchev–Trinajstić information content (AvgIpc) is 2.98. The van der Waals surface area contributed by atoms with Crippen molar-refractivity contribution in [2.75, 3.05) is 13.1 Å². The first-order chi connectivity index (χ1) is 12.8. The molecule has 1 unspecified atom stereocenters. The zero-order chi connectivity index (χ0) is 21.3. The van der Waals surface area contributed by atoms with Gasteiger partial charge in [0.25, 0.3) is 0 Å². The van der Waals surface area contributed by atoms with Crippen molar-refractivity contribution >= 4 is 0 Å². The van der Waals surface area contributed by atoms with Gasteiger partial charge in [0, 0.05) is 11.2 Å². The highest BCUT2D eigenvalue weighted by Crippen LogP contribution is 2.40. The van der Waals surface area contributed by atoms with Gasteiger partial charge in [-0.15, -0.1) is 19.7 Å². The molecule has 2 nitrogen and oxygen atoms in total. The highest BCUT2D eigenvalue weighted by molar-refractivity contribution is 5.12. The molecule has 2 heteroatoms. The fourth-order valence-corrected chi connectivity index (χ4v) is 3.61. The van der Waals surface area contributed by atoms with Gasteiger partial charge in [-0.3, -0.25) is 0 Å². The van der Waals surface area contributed by atoms with Crippen LogP contribution in [0, 0.1) is 11.8 Å². The molecule has 1 saturated heterocycles. The smallest absolute Gasteiger partial charge is 0.0374 e. The second-order valence-corrected chi connectivity index (χ2v) is 8.20. The first-order valence-corrected chi connectivity index (χ1v) is 11.1. The predicted molar refractivity (Wildman–Crippen MR) is 126 cm³/mol. The third-order valence-electron chi connectivity index (χ3n) is 5.71. The second kappa shape index (κ2) is 17.1. The summed E-state index contributed by atoms with van der Waals surface area (Å²) in [6, 6.07) is 0. The number of hydrogen-bond acceptors (Lipinski definition) is 2. The Hall–Kier alpha value is -1.02. The van der Waals surface area contributed by atoms with Crippen molar-refractivity contribution in [1.29, 1.82) is 0 Å². The summed E-state index contributed by atoms with van der Waals surface area (Å²) in [5.74, 6) is 1.56. The minimum Gasteiger partial charge on any atom is -0.383 e. The zero-order valence-corrected chi connectivity index (χ0v) is 19.6. The van der Waals surface area contributed by atoms with Gasteiger partial charge in [0.05, 0.1) is 0 Å². The van der Waals surface area contributed by atoms with Crippen molar-refractivity contribution in [2.24, 2.45) is 11.8 Å². The van der Waals surface area contributed by atoms with Crippen molar-refractivity contribution in [3.63, 3.8) is 0 Å². The topological polar surface area (TPSA) is 24.1 Å². The van der Waals surface area contributed by atoms with Gasteiger partial charge < -0.3 is 10.6 Å². The van der Waals surface area contributed by atoms with Gasteiger partial charge in [0.1, 0.15) is 0 Å². The summed E-state index contributed by atoms with van der Waals surface area (Å²) in [4.78, 5) is 0. The van der Waals surface area contributed by atoms with E-state index in [1.807, 2.05) is 6.92 Å². The van der Waals surface area contributed by atoms with Crippen molar-refractivity contribution in [3.05, 3.63) is 37.6 Å². The molecule has 0 saturated carbocycles. The Morgan fingerprint density at radius 1 is 1.19 bits per heavy atom. The quantitative estimate of drug-likeness (QED) is 0.292. The van der Waals surface area contributed by atoms with E-state index in [1.54, 1.807) is 0 Å². The van der Waals surface area contributed by atoms with Crippen LogP contribution in [0.2, 0.25) is 0 Å². The van der Waals surface area contributed by atoms with Gasteiger partial charge in [0.15, 0.2) is 0 Å². The second-order valence-electron chi connectivity index (χ2n) is 8.20. The molecule has 1 fully saturated rings. The van der Waals surface area contributed by atoms with Gasteiger partial charge >= 0.3 is 0 Å². The number of allylic oxidation sites excluding steroid dienone is 2. The van der Waals surface area contributed by atoms with Crippen LogP contribution in [-0.2, 0) is 0 Å². The molecule has 0 aromatic heterocycles. The van der Waals surface area contributed by atoms with E-state index < -0.39 is 0 Å². The first-order valence-electron chi connectivity index (χ1n) is 11.1. The number of nitrogens with one attached hydrogen (secondary N) is 2. The third-order valence-corrected chi connectivity index (χ3v) is 5.71. The molecular weight excluding hydrogens is 328 g/mol. The Labute approximate surface area is 172 Å². The summed E-state index contributed by atoms with van der Waals surface area (Å²) in [5, 5.41) is 7.12. The molecule has 0 amide bonds. The fourth-order valence-electron chi connectivity index (χ4n) is 3.61. The van der Waals surface area contributed by atoms with E-state index in [2.05, 4.69) is 71.6 Å². The lowest BCUT2D eigenvalue weighted by molar-refractivity contribution is 0.209. The van der Waals surface area contributed by atoms with E-state index in [1.165, 1.54) is 69.3 Å². The zero-order valence-electron chi connectivity index (χ0n) is 19.6. The lowest BCUT2D eigenvalue weighted by Gasteiger charge is -2.34. The normalized spacial score (nSPS) is 22.0. The first kappa shape index (κ1) is 28.2. The Balaban J connectivity index is 0. The molecule has 0 radical (unpaired) electrons. The van der Waals surface area contributed by atoms with Gasteiger partial charge in [-0.25, -0.2) is 0 Å². The van der Waals surface area contributed by atoms with Crippen LogP contribution in [0.4, 0.5) is 0 Å². The van der Waals surface area contributed by atoms with Crippen molar-refractivity contribution in [3.8, 4) is 0 Å². The van der Waals surface area contributed by atoms with Crippen LogP contribution in [0.15, 0.2) is 37.6 Å². The molecule has 0 aromatic carbocycles. The number of hydrogen-bond donors (Lipinski definition) is 2. The van der Waals surface area contributed by atoms with Gasteiger partial charge in [-0.1, -0.05) is 59.1 Å². The molecule has 1 heterocycles. The summed E-state index contributed by atoms with van der Waals surface area (Å²) < 4.78 is 0. The summed E-state index contributed by atoms with van der Waals surface area (Å²) in [6.45, 7) is 29.6. The van der Waals surface area contributed by atoms with Crippen LogP contribution in [0.25, 0.3) is 0 Å². The monoisotopic (exact) mass is 378 g/mol. The van der Waals surface area contributed by atoms with Crippen molar-refractivity contribution in [1.82, 2.24) is 10.6 Å². The van der Waals surface area contributed by atoms with Gasteiger partial charge in [-0.05, 0) is 70.9 Å². The van der Waals surface area contributed by atoms with Crippen LogP contribution >= 0.6 is 0 Å². The van der Waals surface area contributed by atoms with E-state index in [0.29, 0.717) is 0 Å². The molecule has 1 aliphatic rings. The van der Waals surface area contributed by atoms with E-state index in [-0.39, 0.29) is 5.54 Å². The number of unbranched alkanes of at least 4 members (excludes halogenated alkanes) is 2. The minimum atomic E-state index is 0.277. The fraction of sp³-hybridized carbons (Fsp3) is 0.760. The molecule has 0 bridgehead atoms. The summed E-state index contributed by atoms with van der Waals surface area (Å²) in [7, 11) is 0. The van der Waals surface area contributed by atoms with E-state index >= 15 is 0 Å². The highest BCUT2D eigenvalue weighted by atomic mass is 15.0. The third kappa shape index (κ3) is 12.9. The minimum absolute atomic E-state index is 0.277. The Bertz CT molecular complexity index is 388. The van der Waals surface area contributed by atoms with E-state index in [9.17, 15) is 0 Å². The van der Waals surface area contributed by atoms with Crippen LogP contribution in [0.1, 0.15) is 92.9 Å². The largest absolute Gasteiger partial charge is 0.383 e. The lowest BCUT2D eigenvalue weighted by atomic mass is 9.75. The molecule has 2 N–H and O–H groups in total. The maximum atomic E-state index is 4.15. The maximum absolute atomic E-state index is 4.15. The average molecular weight is 379 g/mol. The summed E-state index contributed by atoms with van der Waals surface area (Å²) in [6.07, 6.45) is 10.1. The van der Waals surface area contributed by atoms with Crippen LogP contribution < -0.4 is 10.6 Å². The van der Waals surface area contributed by atoms with E-state index in [0.717, 1.165) is 18.3 Å². The standard InChI is InChI=1S/C18H36N2.C5H10.C2H4/c1-6-12-19-13-10-8-9-11-15(3)17-14-16(4)20-18(17,5)7-2;1-4-5(2)3;1-2/h15,17,19-20H,4,6-14H2,1-3,5H3;2,4H2,1,3H3;1-2H2/t15?,17-,18+;;/m1../s1. The predicted octanol–water partition coefficient (Wildman–Crippen LogP) is 7.25. The number of rotatable bonds is 11. The molecule has 3 atom stereocenters. The summed E-state index contributed by atoms with van der Waals surface area (Å²) >= 11 is 0. The van der Waals surface area contributed by atoms with E-state index in [4.69, 9.17) is 0 Å². The molecule has 0 spiro atoms. The molecule has 1 rings (SSSR count). The van der Waals surface area contributed by atoms with Gasteiger partial charge in [0.2, 0.25) is 0 Å². The Morgan fingerprint density at radius 2 is 1.78 bits per heavy atom. The van der Waals surface area contributed by atoms with Crippen LogP contribution in [0.3, 0.4) is 0 Å². The molecule has 1 aliphatic heterocycles. The van der Waals surface area contributed by atoms with Crippen LogP contribution in [-0.4, -0.2) is 18.6 Å². The molecule has 160 valence electrons. The van der Waals surface area contributed by atoms with Gasteiger partial charge in [-0.2, -0.15) is 0 Å². The molecule has 0 aliphatic carbocycles. The Morgan fingerprint density at radius 3 is 2.26 bits per heavy atom. The maximum Gasteiger partial charge on any atom is 0.0374 e. The Kier molecular flexibility index (Phi) is 17.9.